The van der Waals surface area contributed by atoms with Crippen molar-refractivity contribution >= 4 is 17.8 Å². The van der Waals surface area contributed by atoms with Gasteiger partial charge in [-0.2, -0.15) is 0 Å². The number of rotatable bonds is 11. The lowest BCUT2D eigenvalue weighted by atomic mass is 9.66. The first-order valence-corrected chi connectivity index (χ1v) is 12.3. The van der Waals surface area contributed by atoms with E-state index in [9.17, 15) is 14.4 Å². The number of aliphatic hydroxyl groups is 1. The van der Waals surface area contributed by atoms with E-state index in [1.807, 2.05) is 27.7 Å². The van der Waals surface area contributed by atoms with Gasteiger partial charge >= 0.3 is 5.97 Å². The van der Waals surface area contributed by atoms with Crippen LogP contribution >= 0.6 is 0 Å². The Morgan fingerprint density at radius 1 is 1.24 bits per heavy atom. The Balaban J connectivity index is 2.03. The number of carbonyl (C=O) groups excluding carboxylic acids is 3. The lowest BCUT2D eigenvalue weighted by Gasteiger charge is -2.42. The summed E-state index contributed by atoms with van der Waals surface area (Å²) in [4.78, 5) is 44.5. The quantitative estimate of drug-likeness (QED) is 0.280. The van der Waals surface area contributed by atoms with Gasteiger partial charge in [0.25, 0.3) is 0 Å². The van der Waals surface area contributed by atoms with E-state index in [1.165, 1.54) is 6.08 Å². The van der Waals surface area contributed by atoms with Crippen LogP contribution in [0.4, 0.5) is 0 Å². The van der Waals surface area contributed by atoms with Crippen molar-refractivity contribution in [2.24, 2.45) is 11.8 Å². The Labute approximate surface area is 202 Å². The molecule has 2 unspecified atom stereocenters. The van der Waals surface area contributed by atoms with Gasteiger partial charge in [-0.1, -0.05) is 18.7 Å². The molecular formula is C26H40N2O6. The van der Waals surface area contributed by atoms with Crippen molar-refractivity contribution in [1.29, 1.82) is 0 Å². The molecule has 3 aliphatic heterocycles. The van der Waals surface area contributed by atoms with Gasteiger partial charge in [0.2, 0.25) is 11.8 Å². The minimum atomic E-state index is -1.07. The number of hydrogen-bond acceptors (Lipinski definition) is 6. The van der Waals surface area contributed by atoms with Gasteiger partial charge in [0.15, 0.2) is 0 Å². The maximum absolute atomic E-state index is 14.1. The second-order valence-corrected chi connectivity index (χ2v) is 10.9. The number of esters is 1. The molecule has 1 spiro atoms. The normalized spacial score (nSPS) is 32.0. The zero-order valence-electron chi connectivity index (χ0n) is 21.0. The summed E-state index contributed by atoms with van der Waals surface area (Å²) in [5, 5.41) is 9.15. The molecule has 0 aromatic carbocycles. The molecule has 0 radical (unpaired) electrons. The molecule has 0 aromatic rings. The van der Waals surface area contributed by atoms with E-state index in [4.69, 9.17) is 14.6 Å². The van der Waals surface area contributed by atoms with Gasteiger partial charge in [-0.25, -0.2) is 0 Å². The third kappa shape index (κ3) is 4.31. The topological polar surface area (TPSA) is 96.4 Å². The Bertz CT molecular complexity index is 836. The molecule has 2 amide bonds. The number of nitrogens with zero attached hydrogens (tertiary/aromatic N) is 2. The molecule has 190 valence electrons. The number of unbranched alkanes of at least 4 members (excludes halogenated alkanes) is 2. The average molecular weight is 477 g/mol. The van der Waals surface area contributed by atoms with Crippen LogP contribution in [0.15, 0.2) is 25.3 Å². The maximum Gasteiger partial charge on any atom is 0.313 e. The van der Waals surface area contributed by atoms with Crippen LogP contribution in [0.2, 0.25) is 0 Å². The van der Waals surface area contributed by atoms with Gasteiger partial charge < -0.3 is 24.4 Å². The predicted octanol–water partition coefficient (Wildman–Crippen LogP) is 2.46. The zero-order chi connectivity index (χ0) is 25.3. The first-order valence-electron chi connectivity index (χ1n) is 12.3. The van der Waals surface area contributed by atoms with Crippen LogP contribution in [0.5, 0.6) is 0 Å². The Morgan fingerprint density at radius 2 is 1.94 bits per heavy atom. The van der Waals surface area contributed by atoms with E-state index in [-0.39, 0.29) is 25.0 Å². The van der Waals surface area contributed by atoms with Crippen molar-refractivity contribution < 1.29 is 29.0 Å². The maximum atomic E-state index is 14.1. The highest BCUT2D eigenvalue weighted by atomic mass is 16.6. The van der Waals surface area contributed by atoms with E-state index < -0.39 is 40.6 Å². The SMILES string of the molecule is C=CCOC(=O)[C@H]1[C@H]2C(=O)N(CCCCCO)C(C(=O)N(CC=C)C(C)(C)C)C23CC[C@]1(C)O3. The third-order valence-electron chi connectivity index (χ3n) is 7.55. The molecule has 34 heavy (non-hydrogen) atoms. The molecule has 8 heteroatoms. The van der Waals surface area contributed by atoms with Crippen LogP contribution in [0.25, 0.3) is 0 Å². The Hall–Kier alpha value is -2.19. The predicted molar refractivity (Wildman–Crippen MR) is 128 cm³/mol. The summed E-state index contributed by atoms with van der Waals surface area (Å²) in [7, 11) is 0. The molecule has 3 rings (SSSR count). The number of hydrogen-bond donors (Lipinski definition) is 1. The van der Waals surface area contributed by atoms with Crippen LogP contribution in [-0.4, -0.2) is 81.8 Å². The van der Waals surface area contributed by atoms with Crippen LogP contribution < -0.4 is 0 Å². The number of fused-ring (bicyclic) bond motifs is 1. The molecule has 1 N–H and O–H groups in total. The van der Waals surface area contributed by atoms with E-state index in [2.05, 4.69) is 13.2 Å². The largest absolute Gasteiger partial charge is 0.461 e. The minimum absolute atomic E-state index is 0.0592. The molecule has 3 heterocycles. The fourth-order valence-electron chi connectivity index (χ4n) is 6.08. The summed E-state index contributed by atoms with van der Waals surface area (Å²) in [6.07, 6.45) is 6.30. The summed E-state index contributed by atoms with van der Waals surface area (Å²) in [5.41, 5.74) is -2.41. The van der Waals surface area contributed by atoms with E-state index in [1.54, 1.807) is 15.9 Å². The van der Waals surface area contributed by atoms with Crippen LogP contribution in [0.3, 0.4) is 0 Å². The lowest BCUT2D eigenvalue weighted by Crippen LogP contribution is -2.60. The number of aliphatic hydroxyl groups excluding tert-OH is 1. The molecule has 3 aliphatic rings. The summed E-state index contributed by atoms with van der Waals surface area (Å²) < 4.78 is 12.0. The lowest BCUT2D eigenvalue weighted by molar-refractivity contribution is -0.160. The molecule has 2 bridgehead atoms. The van der Waals surface area contributed by atoms with E-state index >= 15 is 0 Å². The molecule has 3 saturated heterocycles. The Kier molecular flexibility index (Phi) is 7.63. The highest BCUT2D eigenvalue weighted by molar-refractivity contribution is 5.98. The second-order valence-electron chi connectivity index (χ2n) is 10.9. The monoisotopic (exact) mass is 476 g/mol. The molecule has 0 aromatic heterocycles. The van der Waals surface area contributed by atoms with Crippen LogP contribution in [-0.2, 0) is 23.9 Å². The number of likely N-dealkylation sites (tertiary alicyclic amines) is 1. The number of ether oxygens (including phenoxy) is 2. The summed E-state index contributed by atoms with van der Waals surface area (Å²) in [6, 6.07) is -0.822. The molecule has 3 fully saturated rings. The van der Waals surface area contributed by atoms with Gasteiger partial charge in [0.1, 0.15) is 24.2 Å². The van der Waals surface area contributed by atoms with Crippen molar-refractivity contribution in [3.05, 3.63) is 25.3 Å². The Morgan fingerprint density at radius 3 is 2.53 bits per heavy atom. The first kappa shape index (κ1) is 26.4. The van der Waals surface area contributed by atoms with Crippen LogP contribution in [0, 0.1) is 11.8 Å². The van der Waals surface area contributed by atoms with Gasteiger partial charge in [-0.05, 0) is 59.8 Å². The molecule has 0 saturated carbocycles. The van der Waals surface area contributed by atoms with Crippen molar-refractivity contribution in [3.63, 3.8) is 0 Å². The molecule has 5 atom stereocenters. The number of amides is 2. The van der Waals surface area contributed by atoms with Gasteiger partial charge in [-0.3, -0.25) is 14.4 Å². The van der Waals surface area contributed by atoms with Crippen molar-refractivity contribution in [2.75, 3.05) is 26.3 Å². The van der Waals surface area contributed by atoms with Crippen molar-refractivity contribution in [3.8, 4) is 0 Å². The van der Waals surface area contributed by atoms with Crippen LogP contribution in [0.1, 0.15) is 59.8 Å². The fourth-order valence-corrected chi connectivity index (χ4v) is 6.08. The van der Waals surface area contributed by atoms with Crippen molar-refractivity contribution in [2.45, 2.75) is 82.6 Å². The molecule has 8 nitrogen and oxygen atoms in total. The molecule has 0 aliphatic carbocycles. The summed E-state index contributed by atoms with van der Waals surface area (Å²) >= 11 is 0. The standard InChI is InChI=1S/C26H40N2O6/c1-7-14-28(24(3,4)5)22(31)20-26-13-12-25(6,34-26)19(23(32)33-17-8-2)18(26)21(30)27(20)15-10-9-11-16-29/h7-8,18-20,29H,1-2,9-17H2,3-6H3/t18-,19+,20?,25-,26?/m0/s1. The smallest absolute Gasteiger partial charge is 0.313 e. The van der Waals surface area contributed by atoms with Gasteiger partial charge in [0, 0.05) is 25.2 Å². The fraction of sp³-hybridized carbons (Fsp3) is 0.731. The summed E-state index contributed by atoms with van der Waals surface area (Å²) in [5.74, 6) is -2.42. The van der Waals surface area contributed by atoms with Gasteiger partial charge in [-0.15, -0.1) is 6.58 Å². The first-order chi connectivity index (χ1) is 16.0. The van der Waals surface area contributed by atoms with E-state index in [0.29, 0.717) is 38.8 Å². The second kappa shape index (κ2) is 9.82. The molecular weight excluding hydrogens is 436 g/mol. The average Bonchev–Trinajstić information content (AvgIpc) is 3.33. The van der Waals surface area contributed by atoms with Crippen molar-refractivity contribution in [1.82, 2.24) is 9.80 Å². The van der Waals surface area contributed by atoms with E-state index in [0.717, 1.165) is 6.42 Å². The number of carbonyl (C=O) groups is 3. The summed E-state index contributed by atoms with van der Waals surface area (Å²) in [6.45, 7) is 16.0. The minimum Gasteiger partial charge on any atom is -0.461 e. The highest BCUT2D eigenvalue weighted by Gasteiger charge is 2.78. The third-order valence-corrected chi connectivity index (χ3v) is 7.55. The highest BCUT2D eigenvalue weighted by Crippen LogP contribution is 2.63. The zero-order valence-corrected chi connectivity index (χ0v) is 21.0. The van der Waals surface area contributed by atoms with Gasteiger partial charge in [0.05, 0.1) is 11.5 Å².